The van der Waals surface area contributed by atoms with Crippen molar-refractivity contribution in [3.63, 3.8) is 0 Å². The fraction of sp³-hybridized carbons (Fsp3) is 0.944. The van der Waals surface area contributed by atoms with E-state index in [1.54, 1.807) is 4.90 Å². The number of carbonyl (C=O) groups is 1. The lowest BCUT2D eigenvalue weighted by atomic mass is 9.94. The molecule has 1 N–H and O–H groups in total. The standard InChI is InChI=1S/C18H33N3O4S/c1-14(2)19-17(22)21-11-18(12-21)13-26(23,24)16(10-25-18)9-20(3)15-7-5-4-6-8-15/h14-16H,4-13H2,1-3H3,(H,19,22)/t16-/m0/s1. The van der Waals surface area contributed by atoms with Crippen LogP contribution in [0.3, 0.4) is 0 Å². The highest BCUT2D eigenvalue weighted by Gasteiger charge is 2.54. The van der Waals surface area contributed by atoms with Crippen molar-refractivity contribution in [2.75, 3.05) is 39.0 Å². The molecule has 0 aromatic heterocycles. The maximum absolute atomic E-state index is 12.8. The molecule has 0 bridgehead atoms. The Labute approximate surface area is 157 Å². The summed E-state index contributed by atoms with van der Waals surface area (Å²) in [7, 11) is -1.18. The smallest absolute Gasteiger partial charge is 0.317 e. The Morgan fingerprint density at radius 2 is 1.92 bits per heavy atom. The van der Waals surface area contributed by atoms with Gasteiger partial charge in [-0.05, 0) is 33.7 Å². The van der Waals surface area contributed by atoms with Crippen molar-refractivity contribution in [1.82, 2.24) is 15.1 Å². The van der Waals surface area contributed by atoms with Gasteiger partial charge in [-0.3, -0.25) is 0 Å². The van der Waals surface area contributed by atoms with Crippen LogP contribution < -0.4 is 5.32 Å². The third-order valence-corrected chi connectivity index (χ3v) is 8.12. The molecule has 2 heterocycles. The molecule has 0 unspecified atom stereocenters. The molecule has 0 aromatic carbocycles. The first-order valence-corrected chi connectivity index (χ1v) is 11.5. The molecule has 2 aliphatic heterocycles. The molecule has 2 amide bonds. The molecule has 150 valence electrons. The summed E-state index contributed by atoms with van der Waals surface area (Å²) in [6.45, 7) is 5.30. The lowest BCUT2D eigenvalue weighted by Crippen LogP contribution is -2.72. The van der Waals surface area contributed by atoms with E-state index in [2.05, 4.69) is 10.2 Å². The summed E-state index contributed by atoms with van der Waals surface area (Å²) in [5.41, 5.74) is -0.701. The molecule has 7 nitrogen and oxygen atoms in total. The normalized spacial score (nSPS) is 28.3. The zero-order valence-corrected chi connectivity index (χ0v) is 17.1. The Hall–Kier alpha value is -0.860. The SMILES string of the molecule is CC(C)NC(=O)N1CC2(C1)CS(=O)(=O)[C@@H](CN(C)C1CCCCC1)CO2. The number of hydrogen-bond acceptors (Lipinski definition) is 5. The third-order valence-electron chi connectivity index (χ3n) is 5.89. The summed E-state index contributed by atoms with van der Waals surface area (Å²) < 4.78 is 31.7. The second-order valence-electron chi connectivity index (χ2n) is 8.61. The predicted octanol–water partition coefficient (Wildman–Crippen LogP) is 1.24. The van der Waals surface area contributed by atoms with Gasteiger partial charge in [0.15, 0.2) is 9.84 Å². The fourth-order valence-electron chi connectivity index (χ4n) is 4.37. The van der Waals surface area contributed by atoms with Gasteiger partial charge in [0, 0.05) is 18.6 Å². The summed E-state index contributed by atoms with van der Waals surface area (Å²) in [6.07, 6.45) is 6.08. The Balaban J connectivity index is 1.53. The zero-order chi connectivity index (χ0) is 18.9. The first-order chi connectivity index (χ1) is 12.2. The monoisotopic (exact) mass is 387 g/mol. The highest BCUT2D eigenvalue weighted by molar-refractivity contribution is 7.92. The number of nitrogens with zero attached hydrogens (tertiary/aromatic N) is 2. The molecule has 2 saturated heterocycles. The molecule has 3 fully saturated rings. The Bertz CT molecular complexity index is 610. The number of carbonyl (C=O) groups excluding carboxylic acids is 1. The van der Waals surface area contributed by atoms with Crippen LogP contribution in [-0.2, 0) is 14.6 Å². The zero-order valence-electron chi connectivity index (χ0n) is 16.2. The largest absolute Gasteiger partial charge is 0.369 e. The van der Waals surface area contributed by atoms with Crippen LogP contribution in [0.15, 0.2) is 0 Å². The van der Waals surface area contributed by atoms with E-state index < -0.39 is 20.7 Å². The van der Waals surface area contributed by atoms with Crippen molar-refractivity contribution in [3.8, 4) is 0 Å². The van der Waals surface area contributed by atoms with Gasteiger partial charge in [-0.15, -0.1) is 0 Å². The number of likely N-dealkylation sites (tertiary alicyclic amines) is 1. The highest BCUT2D eigenvalue weighted by Crippen LogP contribution is 2.33. The van der Waals surface area contributed by atoms with Crippen molar-refractivity contribution in [1.29, 1.82) is 0 Å². The number of rotatable bonds is 4. The van der Waals surface area contributed by atoms with Gasteiger partial charge >= 0.3 is 6.03 Å². The van der Waals surface area contributed by atoms with E-state index in [1.807, 2.05) is 20.9 Å². The van der Waals surface area contributed by atoms with Crippen LogP contribution in [-0.4, -0.2) is 86.2 Å². The van der Waals surface area contributed by atoms with Gasteiger partial charge in [0.2, 0.25) is 0 Å². The van der Waals surface area contributed by atoms with Gasteiger partial charge in [-0.2, -0.15) is 0 Å². The summed E-state index contributed by atoms with van der Waals surface area (Å²) in [5.74, 6) is 0.0225. The van der Waals surface area contributed by atoms with Crippen molar-refractivity contribution in [2.24, 2.45) is 0 Å². The van der Waals surface area contributed by atoms with E-state index in [1.165, 1.54) is 19.3 Å². The maximum Gasteiger partial charge on any atom is 0.317 e. The van der Waals surface area contributed by atoms with Gasteiger partial charge in [-0.25, -0.2) is 13.2 Å². The van der Waals surface area contributed by atoms with Crippen LogP contribution in [0.25, 0.3) is 0 Å². The molecule has 8 heteroatoms. The molecule has 3 aliphatic rings. The van der Waals surface area contributed by atoms with Gasteiger partial charge in [0.05, 0.1) is 30.7 Å². The van der Waals surface area contributed by atoms with E-state index in [0.717, 1.165) is 12.8 Å². The highest BCUT2D eigenvalue weighted by atomic mass is 32.2. The Kier molecular flexibility index (Phi) is 5.84. The molecule has 0 radical (unpaired) electrons. The van der Waals surface area contributed by atoms with Crippen LogP contribution in [0.5, 0.6) is 0 Å². The van der Waals surface area contributed by atoms with Crippen LogP contribution in [0.1, 0.15) is 46.0 Å². The molecule has 3 rings (SSSR count). The topological polar surface area (TPSA) is 79.0 Å². The summed E-state index contributed by atoms with van der Waals surface area (Å²) in [6, 6.07) is 0.411. The second-order valence-corrected chi connectivity index (χ2v) is 10.9. The number of sulfone groups is 1. The maximum atomic E-state index is 12.8. The van der Waals surface area contributed by atoms with Crippen LogP contribution in [0.4, 0.5) is 4.79 Å². The molecular formula is C18H33N3O4S. The van der Waals surface area contributed by atoms with Crippen LogP contribution >= 0.6 is 0 Å². The van der Waals surface area contributed by atoms with E-state index in [4.69, 9.17) is 4.74 Å². The minimum atomic E-state index is -3.22. The number of urea groups is 1. The van der Waals surface area contributed by atoms with Gasteiger partial charge < -0.3 is 19.9 Å². The van der Waals surface area contributed by atoms with Crippen molar-refractivity contribution >= 4 is 15.9 Å². The summed E-state index contributed by atoms with van der Waals surface area (Å²) in [4.78, 5) is 15.9. The van der Waals surface area contributed by atoms with Crippen molar-refractivity contribution in [2.45, 2.75) is 68.9 Å². The van der Waals surface area contributed by atoms with Crippen molar-refractivity contribution in [3.05, 3.63) is 0 Å². The van der Waals surface area contributed by atoms with Gasteiger partial charge in [0.25, 0.3) is 0 Å². The first-order valence-electron chi connectivity index (χ1n) is 9.82. The fourth-order valence-corrected chi connectivity index (χ4v) is 6.34. The lowest BCUT2D eigenvalue weighted by Gasteiger charge is -2.52. The first kappa shape index (κ1) is 19.9. The Morgan fingerprint density at radius 3 is 2.50 bits per heavy atom. The van der Waals surface area contributed by atoms with Gasteiger partial charge in [0.1, 0.15) is 5.60 Å². The number of ether oxygens (including phenoxy) is 1. The van der Waals surface area contributed by atoms with E-state index >= 15 is 0 Å². The van der Waals surface area contributed by atoms with E-state index in [9.17, 15) is 13.2 Å². The molecule has 1 atom stereocenters. The van der Waals surface area contributed by atoms with E-state index in [0.29, 0.717) is 25.7 Å². The van der Waals surface area contributed by atoms with Gasteiger partial charge in [-0.1, -0.05) is 19.3 Å². The third kappa shape index (κ3) is 4.34. The summed E-state index contributed by atoms with van der Waals surface area (Å²) in [5, 5.41) is 2.37. The second kappa shape index (κ2) is 7.64. The number of amides is 2. The molecule has 1 saturated carbocycles. The number of hydrogen-bond donors (Lipinski definition) is 1. The molecule has 1 spiro atoms. The predicted molar refractivity (Wildman–Crippen MR) is 101 cm³/mol. The minimum Gasteiger partial charge on any atom is -0.369 e. The average molecular weight is 388 g/mol. The Morgan fingerprint density at radius 1 is 1.27 bits per heavy atom. The summed E-state index contributed by atoms with van der Waals surface area (Å²) >= 11 is 0. The molecule has 26 heavy (non-hydrogen) atoms. The lowest BCUT2D eigenvalue weighted by molar-refractivity contribution is -0.119. The minimum absolute atomic E-state index is 0.0225. The molecule has 1 aliphatic carbocycles. The quantitative estimate of drug-likeness (QED) is 0.785. The van der Waals surface area contributed by atoms with Crippen LogP contribution in [0.2, 0.25) is 0 Å². The number of nitrogens with one attached hydrogen (secondary N) is 1. The van der Waals surface area contributed by atoms with Crippen molar-refractivity contribution < 1.29 is 17.9 Å². The van der Waals surface area contributed by atoms with E-state index in [-0.39, 0.29) is 24.4 Å². The molecular weight excluding hydrogens is 354 g/mol. The average Bonchev–Trinajstić information content (AvgIpc) is 2.54. The molecule has 0 aromatic rings. The van der Waals surface area contributed by atoms with Crippen LogP contribution in [0, 0.1) is 0 Å².